The van der Waals surface area contributed by atoms with Gasteiger partial charge in [-0.15, -0.1) is 0 Å². The predicted octanol–water partition coefficient (Wildman–Crippen LogP) is 5.57. The van der Waals surface area contributed by atoms with Gasteiger partial charge >= 0.3 is 0 Å². The molecule has 1 saturated heterocycles. The first-order valence-corrected chi connectivity index (χ1v) is 11.5. The Balaban J connectivity index is 1.56. The fourth-order valence-electron chi connectivity index (χ4n) is 6.21. The molecule has 0 radical (unpaired) electrons. The van der Waals surface area contributed by atoms with Crippen LogP contribution in [0.3, 0.4) is 0 Å². The third-order valence-corrected chi connectivity index (χ3v) is 7.93. The first kappa shape index (κ1) is 19.9. The zero-order valence-corrected chi connectivity index (χ0v) is 18.3. The van der Waals surface area contributed by atoms with Crippen molar-refractivity contribution in [2.75, 3.05) is 13.1 Å². The molecule has 1 unspecified atom stereocenters. The van der Waals surface area contributed by atoms with E-state index in [4.69, 9.17) is 4.84 Å². The highest BCUT2D eigenvalue weighted by molar-refractivity contribution is 5.66. The van der Waals surface area contributed by atoms with Crippen molar-refractivity contribution in [3.05, 3.63) is 34.9 Å². The Morgan fingerprint density at radius 1 is 1.14 bits per heavy atom. The lowest BCUT2D eigenvalue weighted by Gasteiger charge is -2.54. The Morgan fingerprint density at radius 3 is 2.68 bits per heavy atom. The average molecular weight is 383 g/mol. The molecule has 28 heavy (non-hydrogen) atoms. The first-order valence-electron chi connectivity index (χ1n) is 11.5. The highest BCUT2D eigenvalue weighted by atomic mass is 16.6. The molecule has 1 N–H and O–H groups in total. The third kappa shape index (κ3) is 3.63. The number of piperidine rings is 1. The normalized spacial score (nSPS) is 33.7. The monoisotopic (exact) mass is 382 g/mol. The van der Waals surface area contributed by atoms with Crippen molar-refractivity contribution in [3.8, 4) is 0 Å². The molecule has 1 aliphatic heterocycles. The van der Waals surface area contributed by atoms with Crippen LogP contribution in [-0.4, -0.2) is 25.4 Å². The van der Waals surface area contributed by atoms with Gasteiger partial charge in [-0.25, -0.2) is 0 Å². The Hall–Kier alpha value is -1.35. The van der Waals surface area contributed by atoms with Crippen LogP contribution in [0.25, 0.3) is 0 Å². The molecule has 3 heteroatoms. The summed E-state index contributed by atoms with van der Waals surface area (Å²) in [5, 5.41) is 7.95. The van der Waals surface area contributed by atoms with E-state index in [9.17, 15) is 0 Å². The van der Waals surface area contributed by atoms with Crippen molar-refractivity contribution in [1.82, 2.24) is 5.32 Å². The van der Waals surface area contributed by atoms with E-state index in [1.165, 1.54) is 37.7 Å². The molecule has 3 aliphatic rings. The molecule has 0 spiro atoms. The highest BCUT2D eigenvalue weighted by Crippen LogP contribution is 2.56. The maximum atomic E-state index is 5.90. The van der Waals surface area contributed by atoms with E-state index in [0.29, 0.717) is 11.8 Å². The predicted molar refractivity (Wildman–Crippen MR) is 117 cm³/mol. The first-order chi connectivity index (χ1) is 13.4. The van der Waals surface area contributed by atoms with Gasteiger partial charge in [0.15, 0.2) is 0 Å². The van der Waals surface area contributed by atoms with Crippen molar-refractivity contribution in [2.45, 2.75) is 90.1 Å². The van der Waals surface area contributed by atoms with Crippen LogP contribution in [0.2, 0.25) is 0 Å². The smallest absolute Gasteiger partial charge is 0.130 e. The number of aryl methyl sites for hydroxylation is 1. The minimum Gasteiger partial charge on any atom is -0.393 e. The maximum Gasteiger partial charge on any atom is 0.130 e. The summed E-state index contributed by atoms with van der Waals surface area (Å²) in [6.07, 6.45) is 10.9. The van der Waals surface area contributed by atoms with Crippen LogP contribution < -0.4 is 5.32 Å². The SMILES string of the molecule is CC(C)c1ccc2c(c1)CCC1[C@@](C)(/C=N/OC3CCNCC3)CCC[C@]21C. The van der Waals surface area contributed by atoms with Gasteiger partial charge in [-0.3, -0.25) is 0 Å². The van der Waals surface area contributed by atoms with Crippen molar-refractivity contribution in [3.63, 3.8) is 0 Å². The summed E-state index contributed by atoms with van der Waals surface area (Å²) in [5.41, 5.74) is 5.07. The van der Waals surface area contributed by atoms with Crippen molar-refractivity contribution in [2.24, 2.45) is 16.5 Å². The highest BCUT2D eigenvalue weighted by Gasteiger charge is 2.51. The molecule has 4 rings (SSSR count). The fourth-order valence-corrected chi connectivity index (χ4v) is 6.21. The van der Waals surface area contributed by atoms with Gasteiger partial charge in [-0.05, 0) is 85.6 Å². The molecule has 0 aromatic heterocycles. The van der Waals surface area contributed by atoms with E-state index in [1.54, 1.807) is 11.1 Å². The van der Waals surface area contributed by atoms with Gasteiger partial charge < -0.3 is 10.2 Å². The Bertz CT molecular complexity index is 721. The van der Waals surface area contributed by atoms with Crippen LogP contribution >= 0.6 is 0 Å². The summed E-state index contributed by atoms with van der Waals surface area (Å²) in [4.78, 5) is 5.90. The van der Waals surface area contributed by atoms with Gasteiger partial charge in [-0.1, -0.05) is 57.5 Å². The number of nitrogens with zero attached hydrogens (tertiary/aromatic N) is 1. The van der Waals surface area contributed by atoms with Gasteiger partial charge in [0.25, 0.3) is 0 Å². The van der Waals surface area contributed by atoms with E-state index in [1.807, 2.05) is 0 Å². The molecule has 2 fully saturated rings. The number of rotatable bonds is 4. The van der Waals surface area contributed by atoms with E-state index in [-0.39, 0.29) is 16.9 Å². The number of hydrogen-bond acceptors (Lipinski definition) is 3. The van der Waals surface area contributed by atoms with Crippen LogP contribution in [0.4, 0.5) is 0 Å². The Morgan fingerprint density at radius 2 is 1.93 bits per heavy atom. The minimum atomic E-state index is 0.133. The lowest BCUT2D eigenvalue weighted by Crippen LogP contribution is -2.49. The standard InChI is InChI=1S/C25H38N2O/c1-18(2)19-6-8-22-20(16-19)7-9-23-24(3,12-5-13-25(22,23)4)17-27-28-21-10-14-26-15-11-21/h6,8,16-18,21,23,26H,5,7,9-15H2,1-4H3/b27-17+/t23?,24-,25-/m1/s1. The molecule has 1 heterocycles. The molecule has 1 saturated carbocycles. The summed E-state index contributed by atoms with van der Waals surface area (Å²) >= 11 is 0. The number of benzene rings is 1. The molecule has 3 nitrogen and oxygen atoms in total. The maximum absolute atomic E-state index is 5.90. The van der Waals surface area contributed by atoms with Gasteiger partial charge in [0, 0.05) is 11.6 Å². The summed E-state index contributed by atoms with van der Waals surface area (Å²) in [6.45, 7) is 11.6. The summed E-state index contributed by atoms with van der Waals surface area (Å²) in [6, 6.07) is 7.31. The van der Waals surface area contributed by atoms with Gasteiger partial charge in [0.05, 0.1) is 0 Å². The lowest BCUT2D eigenvalue weighted by atomic mass is 9.50. The number of fused-ring (bicyclic) bond motifs is 3. The second-order valence-corrected chi connectivity index (χ2v) is 10.2. The third-order valence-electron chi connectivity index (χ3n) is 7.93. The van der Waals surface area contributed by atoms with E-state index in [0.717, 1.165) is 25.9 Å². The fraction of sp³-hybridized carbons (Fsp3) is 0.720. The minimum absolute atomic E-state index is 0.133. The summed E-state index contributed by atoms with van der Waals surface area (Å²) < 4.78 is 0. The molecule has 0 amide bonds. The lowest BCUT2D eigenvalue weighted by molar-refractivity contribution is 0.0309. The zero-order valence-electron chi connectivity index (χ0n) is 18.3. The average Bonchev–Trinajstić information content (AvgIpc) is 2.68. The second kappa shape index (κ2) is 7.82. The second-order valence-electron chi connectivity index (χ2n) is 10.2. The van der Waals surface area contributed by atoms with Crippen LogP contribution in [0.15, 0.2) is 23.4 Å². The molecule has 2 aliphatic carbocycles. The zero-order chi connectivity index (χ0) is 19.8. The van der Waals surface area contributed by atoms with Gasteiger partial charge in [0.1, 0.15) is 6.10 Å². The number of oxime groups is 1. The molecule has 3 atom stereocenters. The van der Waals surface area contributed by atoms with E-state index in [2.05, 4.69) is 62.6 Å². The Kier molecular flexibility index (Phi) is 5.57. The Labute approximate surface area is 171 Å². The van der Waals surface area contributed by atoms with Crippen molar-refractivity contribution >= 4 is 6.21 Å². The van der Waals surface area contributed by atoms with Crippen LogP contribution in [0.1, 0.15) is 88.8 Å². The van der Waals surface area contributed by atoms with Gasteiger partial charge in [0.2, 0.25) is 0 Å². The van der Waals surface area contributed by atoms with Crippen molar-refractivity contribution < 1.29 is 4.84 Å². The van der Waals surface area contributed by atoms with Crippen molar-refractivity contribution in [1.29, 1.82) is 0 Å². The molecule has 1 aromatic rings. The van der Waals surface area contributed by atoms with Gasteiger partial charge in [-0.2, -0.15) is 0 Å². The molecule has 0 bridgehead atoms. The molecular formula is C25H38N2O. The van der Waals surface area contributed by atoms with E-state index >= 15 is 0 Å². The van der Waals surface area contributed by atoms with Crippen LogP contribution in [-0.2, 0) is 16.7 Å². The topological polar surface area (TPSA) is 33.6 Å². The quantitative estimate of drug-likeness (QED) is 0.545. The number of hydrogen-bond donors (Lipinski definition) is 1. The number of nitrogens with one attached hydrogen (secondary N) is 1. The summed E-state index contributed by atoms with van der Waals surface area (Å²) in [5.74, 6) is 1.25. The molecule has 154 valence electrons. The molecular weight excluding hydrogens is 344 g/mol. The van der Waals surface area contributed by atoms with Crippen LogP contribution in [0, 0.1) is 11.3 Å². The largest absolute Gasteiger partial charge is 0.393 e. The molecule has 1 aromatic carbocycles. The summed E-state index contributed by atoms with van der Waals surface area (Å²) in [7, 11) is 0. The van der Waals surface area contributed by atoms with E-state index < -0.39 is 0 Å². The van der Waals surface area contributed by atoms with Crippen LogP contribution in [0.5, 0.6) is 0 Å².